The smallest absolute Gasteiger partial charge is 0.258 e. The standard InChI is InChI=1S/C23H19N5O/c1-15-5-6-17(18-4-3-8-24-11-18)10-19(15)21-13-27-22(14-26-21)28-23(29)20-12-25-9-7-16(20)2/h3-14H,1-2H3,(H,27,28,29). The molecule has 1 aromatic carbocycles. The van der Waals surface area contributed by atoms with Gasteiger partial charge in [0, 0.05) is 35.9 Å². The number of nitrogens with one attached hydrogen (secondary N) is 1. The number of hydrogen-bond acceptors (Lipinski definition) is 5. The third-order valence-corrected chi connectivity index (χ3v) is 4.69. The molecule has 0 atom stereocenters. The lowest BCUT2D eigenvalue weighted by Gasteiger charge is -2.10. The van der Waals surface area contributed by atoms with E-state index in [1.807, 2.05) is 32.2 Å². The molecule has 1 N–H and O–H groups in total. The molecule has 4 aromatic rings. The van der Waals surface area contributed by atoms with Crippen molar-refractivity contribution >= 4 is 11.7 Å². The first-order valence-electron chi connectivity index (χ1n) is 9.17. The third-order valence-electron chi connectivity index (χ3n) is 4.69. The monoisotopic (exact) mass is 381 g/mol. The predicted octanol–water partition coefficient (Wildman–Crippen LogP) is 4.47. The topological polar surface area (TPSA) is 80.7 Å². The van der Waals surface area contributed by atoms with E-state index >= 15 is 0 Å². The Morgan fingerprint density at radius 3 is 2.41 bits per heavy atom. The maximum Gasteiger partial charge on any atom is 0.258 e. The van der Waals surface area contributed by atoms with Crippen LogP contribution in [0.5, 0.6) is 0 Å². The van der Waals surface area contributed by atoms with Gasteiger partial charge in [0.15, 0.2) is 5.82 Å². The van der Waals surface area contributed by atoms with Crippen LogP contribution in [0, 0.1) is 13.8 Å². The van der Waals surface area contributed by atoms with Gasteiger partial charge >= 0.3 is 0 Å². The maximum absolute atomic E-state index is 12.4. The molecule has 0 aliphatic heterocycles. The Kier molecular flexibility index (Phi) is 5.07. The van der Waals surface area contributed by atoms with Crippen molar-refractivity contribution in [2.75, 3.05) is 5.32 Å². The minimum Gasteiger partial charge on any atom is -0.305 e. The molecular formula is C23H19N5O. The van der Waals surface area contributed by atoms with Crippen LogP contribution in [0.2, 0.25) is 0 Å². The van der Waals surface area contributed by atoms with Gasteiger partial charge < -0.3 is 5.32 Å². The van der Waals surface area contributed by atoms with Gasteiger partial charge in [-0.1, -0.05) is 18.2 Å². The van der Waals surface area contributed by atoms with Crippen molar-refractivity contribution < 1.29 is 4.79 Å². The molecule has 0 spiro atoms. The second-order valence-electron chi connectivity index (χ2n) is 6.70. The lowest BCUT2D eigenvalue weighted by Crippen LogP contribution is -2.14. The van der Waals surface area contributed by atoms with Gasteiger partial charge in [0.25, 0.3) is 5.91 Å². The summed E-state index contributed by atoms with van der Waals surface area (Å²) in [5, 5.41) is 2.77. The van der Waals surface area contributed by atoms with Crippen molar-refractivity contribution in [3.05, 3.63) is 90.3 Å². The van der Waals surface area contributed by atoms with Crippen LogP contribution < -0.4 is 5.32 Å². The average molecular weight is 381 g/mol. The molecule has 0 fully saturated rings. The fourth-order valence-corrected chi connectivity index (χ4v) is 3.03. The van der Waals surface area contributed by atoms with Crippen molar-refractivity contribution in [2.45, 2.75) is 13.8 Å². The normalized spacial score (nSPS) is 10.6. The molecular weight excluding hydrogens is 362 g/mol. The lowest BCUT2D eigenvalue weighted by atomic mass is 9.99. The summed E-state index contributed by atoms with van der Waals surface area (Å²) in [7, 11) is 0. The largest absolute Gasteiger partial charge is 0.305 e. The number of carbonyl (C=O) groups is 1. The zero-order valence-corrected chi connectivity index (χ0v) is 16.1. The second-order valence-corrected chi connectivity index (χ2v) is 6.70. The van der Waals surface area contributed by atoms with Gasteiger partial charge in [0.1, 0.15) is 0 Å². The molecule has 6 nitrogen and oxygen atoms in total. The number of hydrogen-bond donors (Lipinski definition) is 1. The van der Waals surface area contributed by atoms with Crippen molar-refractivity contribution in [2.24, 2.45) is 0 Å². The highest BCUT2D eigenvalue weighted by Crippen LogP contribution is 2.28. The van der Waals surface area contributed by atoms with Crippen LogP contribution in [0.1, 0.15) is 21.5 Å². The van der Waals surface area contributed by atoms with Gasteiger partial charge in [-0.25, -0.2) is 4.98 Å². The Balaban J connectivity index is 1.58. The van der Waals surface area contributed by atoms with E-state index in [2.05, 4.69) is 43.5 Å². The second kappa shape index (κ2) is 7.98. The molecule has 0 saturated heterocycles. The summed E-state index contributed by atoms with van der Waals surface area (Å²) < 4.78 is 0. The van der Waals surface area contributed by atoms with Crippen molar-refractivity contribution in [3.63, 3.8) is 0 Å². The summed E-state index contributed by atoms with van der Waals surface area (Å²) in [4.78, 5) is 29.5. The lowest BCUT2D eigenvalue weighted by molar-refractivity contribution is 0.102. The molecule has 3 heterocycles. The van der Waals surface area contributed by atoms with Gasteiger partial charge in [0.05, 0.1) is 23.7 Å². The van der Waals surface area contributed by atoms with E-state index in [1.165, 1.54) is 0 Å². The fraction of sp³-hybridized carbons (Fsp3) is 0.0870. The highest BCUT2D eigenvalue weighted by Gasteiger charge is 2.11. The molecule has 0 aliphatic carbocycles. The predicted molar refractivity (Wildman–Crippen MR) is 112 cm³/mol. The number of rotatable bonds is 4. The number of benzene rings is 1. The van der Waals surface area contributed by atoms with Crippen molar-refractivity contribution in [1.82, 2.24) is 19.9 Å². The molecule has 4 rings (SSSR count). The Labute approximate surface area is 168 Å². The number of carbonyl (C=O) groups excluding carboxylic acids is 1. The van der Waals surface area contributed by atoms with Gasteiger partial charge in [0.2, 0.25) is 0 Å². The van der Waals surface area contributed by atoms with Crippen LogP contribution in [-0.2, 0) is 0 Å². The van der Waals surface area contributed by atoms with Gasteiger partial charge in [-0.2, -0.15) is 0 Å². The molecule has 0 saturated carbocycles. The minimum atomic E-state index is -0.257. The number of nitrogens with zero attached hydrogens (tertiary/aromatic N) is 4. The summed E-state index contributed by atoms with van der Waals surface area (Å²) >= 11 is 0. The Morgan fingerprint density at radius 2 is 1.69 bits per heavy atom. The molecule has 0 bridgehead atoms. The van der Waals surface area contributed by atoms with Crippen LogP contribution >= 0.6 is 0 Å². The zero-order chi connectivity index (χ0) is 20.2. The van der Waals surface area contributed by atoms with Crippen LogP contribution in [-0.4, -0.2) is 25.8 Å². The molecule has 3 aromatic heterocycles. The van der Waals surface area contributed by atoms with E-state index in [1.54, 1.807) is 37.1 Å². The molecule has 1 amide bonds. The number of aromatic nitrogens is 4. The average Bonchev–Trinajstić information content (AvgIpc) is 2.76. The van der Waals surface area contributed by atoms with Crippen molar-refractivity contribution in [1.29, 1.82) is 0 Å². The SMILES string of the molecule is Cc1ccncc1C(=O)Nc1cnc(-c2cc(-c3cccnc3)ccc2C)cn1. The van der Waals surface area contributed by atoms with Crippen LogP contribution in [0.3, 0.4) is 0 Å². The summed E-state index contributed by atoms with van der Waals surface area (Å²) in [5.41, 5.74) is 6.28. The quantitative estimate of drug-likeness (QED) is 0.564. The van der Waals surface area contributed by atoms with E-state index < -0.39 is 0 Å². The van der Waals surface area contributed by atoms with E-state index in [0.717, 1.165) is 33.5 Å². The summed E-state index contributed by atoms with van der Waals surface area (Å²) in [6.45, 7) is 3.90. The zero-order valence-electron chi connectivity index (χ0n) is 16.1. The Morgan fingerprint density at radius 1 is 0.828 bits per heavy atom. The first-order valence-corrected chi connectivity index (χ1v) is 9.17. The molecule has 29 heavy (non-hydrogen) atoms. The Bertz CT molecular complexity index is 1160. The van der Waals surface area contributed by atoms with Crippen LogP contribution in [0.15, 0.2) is 73.6 Å². The fourth-order valence-electron chi connectivity index (χ4n) is 3.03. The number of aryl methyl sites for hydroxylation is 2. The first-order chi connectivity index (χ1) is 14.1. The molecule has 142 valence electrons. The Hall–Kier alpha value is -3.93. The molecule has 6 heteroatoms. The van der Waals surface area contributed by atoms with E-state index in [4.69, 9.17) is 0 Å². The third kappa shape index (κ3) is 4.01. The summed E-state index contributed by atoms with van der Waals surface area (Å²) in [6.07, 6.45) is 10.0. The molecule has 0 aliphatic rings. The van der Waals surface area contributed by atoms with Crippen LogP contribution in [0.4, 0.5) is 5.82 Å². The summed E-state index contributed by atoms with van der Waals surface area (Å²) in [5.74, 6) is 0.135. The highest BCUT2D eigenvalue weighted by molar-refractivity contribution is 6.04. The molecule has 0 unspecified atom stereocenters. The number of anilines is 1. The van der Waals surface area contributed by atoms with Gasteiger partial charge in [-0.3, -0.25) is 19.7 Å². The van der Waals surface area contributed by atoms with E-state index in [0.29, 0.717) is 11.4 Å². The van der Waals surface area contributed by atoms with Crippen molar-refractivity contribution in [3.8, 4) is 22.4 Å². The first kappa shape index (κ1) is 18.4. The number of pyridine rings is 2. The van der Waals surface area contributed by atoms with E-state index in [9.17, 15) is 4.79 Å². The minimum absolute atomic E-state index is 0.257. The summed E-state index contributed by atoms with van der Waals surface area (Å²) in [6, 6.07) is 11.9. The molecule has 0 radical (unpaired) electrons. The van der Waals surface area contributed by atoms with Gasteiger partial charge in [-0.05, 0) is 48.7 Å². The van der Waals surface area contributed by atoms with Crippen LogP contribution in [0.25, 0.3) is 22.4 Å². The van der Waals surface area contributed by atoms with E-state index in [-0.39, 0.29) is 5.91 Å². The highest BCUT2D eigenvalue weighted by atomic mass is 16.1. The number of amides is 1. The maximum atomic E-state index is 12.4. The van der Waals surface area contributed by atoms with Gasteiger partial charge in [-0.15, -0.1) is 0 Å².